The summed E-state index contributed by atoms with van der Waals surface area (Å²) in [4.78, 5) is 10.7. The molecule has 2 rings (SSSR count). The van der Waals surface area contributed by atoms with Gasteiger partial charge in [-0.25, -0.2) is 13.6 Å². The molecule has 6 nitrogen and oxygen atoms in total. The van der Waals surface area contributed by atoms with Crippen molar-refractivity contribution in [1.29, 1.82) is 0 Å². The molecule has 4 N–H and O–H groups in total. The van der Waals surface area contributed by atoms with Crippen LogP contribution in [0, 0.1) is 0 Å². The smallest absolute Gasteiger partial charge is 0.255 e. The quantitative estimate of drug-likeness (QED) is 0.841. The van der Waals surface area contributed by atoms with Gasteiger partial charge < -0.3 is 10.5 Å². The van der Waals surface area contributed by atoms with Crippen molar-refractivity contribution in [2.24, 2.45) is 10.9 Å². The molecule has 0 aromatic heterocycles. The van der Waals surface area contributed by atoms with Gasteiger partial charge in [-0.1, -0.05) is 24.3 Å². The molecule has 0 bridgehead atoms. The van der Waals surface area contributed by atoms with E-state index in [4.69, 9.17) is 15.6 Å². The number of nitrogens with two attached hydrogens (primary N) is 2. The van der Waals surface area contributed by atoms with Crippen molar-refractivity contribution in [3.63, 3.8) is 0 Å². The largest absolute Gasteiger partial charge is 0.483 e. The molecule has 0 atom stereocenters. The lowest BCUT2D eigenvalue weighted by atomic mass is 10.1. The molecule has 2 aromatic carbocycles. The average Bonchev–Trinajstić information content (AvgIpc) is 2.34. The summed E-state index contributed by atoms with van der Waals surface area (Å²) in [6.07, 6.45) is 0. The normalized spacial score (nSPS) is 11.4. The lowest BCUT2D eigenvalue weighted by molar-refractivity contribution is -0.119. The van der Waals surface area contributed by atoms with Gasteiger partial charge >= 0.3 is 0 Å². The highest BCUT2D eigenvalue weighted by atomic mass is 32.2. The van der Waals surface area contributed by atoms with E-state index in [1.165, 1.54) is 12.1 Å². The fourth-order valence-electron chi connectivity index (χ4n) is 1.77. The van der Waals surface area contributed by atoms with Crippen molar-refractivity contribution in [1.82, 2.24) is 0 Å². The predicted molar refractivity (Wildman–Crippen MR) is 70.0 cm³/mol. The first-order valence-electron chi connectivity index (χ1n) is 5.35. The van der Waals surface area contributed by atoms with E-state index < -0.39 is 15.9 Å². The monoisotopic (exact) mass is 280 g/mol. The van der Waals surface area contributed by atoms with Gasteiger partial charge in [0.1, 0.15) is 5.75 Å². The molecule has 0 aliphatic heterocycles. The van der Waals surface area contributed by atoms with Crippen molar-refractivity contribution >= 4 is 26.7 Å². The van der Waals surface area contributed by atoms with Gasteiger partial charge in [0.25, 0.3) is 5.91 Å². The van der Waals surface area contributed by atoms with Crippen LogP contribution in [-0.4, -0.2) is 20.9 Å². The molecule has 0 aliphatic rings. The predicted octanol–water partition coefficient (Wildman–Crippen LogP) is 0.351. The number of primary amides is 1. The lowest BCUT2D eigenvalue weighted by Crippen LogP contribution is -2.20. The highest BCUT2D eigenvalue weighted by Gasteiger charge is 2.15. The average molecular weight is 280 g/mol. The maximum Gasteiger partial charge on any atom is 0.255 e. The molecular formula is C12H12N2O4S. The summed E-state index contributed by atoms with van der Waals surface area (Å²) in [7, 11) is -3.82. The van der Waals surface area contributed by atoms with E-state index in [1.54, 1.807) is 24.3 Å². The van der Waals surface area contributed by atoms with E-state index in [-0.39, 0.29) is 11.5 Å². The molecule has 7 heteroatoms. The first-order chi connectivity index (χ1) is 8.89. The Morgan fingerprint density at radius 2 is 1.74 bits per heavy atom. The summed E-state index contributed by atoms with van der Waals surface area (Å²) in [5.41, 5.74) is 5.00. The first kappa shape index (κ1) is 13.3. The van der Waals surface area contributed by atoms with Crippen LogP contribution in [0.1, 0.15) is 0 Å². The number of carbonyl (C=O) groups excluding carboxylic acids is 1. The molecule has 0 unspecified atom stereocenters. The summed E-state index contributed by atoms with van der Waals surface area (Å²) in [6.45, 7) is -0.279. The number of fused-ring (bicyclic) bond motifs is 1. The number of sulfonamides is 1. The van der Waals surface area contributed by atoms with Crippen LogP contribution in [0.3, 0.4) is 0 Å². The van der Waals surface area contributed by atoms with Gasteiger partial charge in [0.05, 0.1) is 4.90 Å². The van der Waals surface area contributed by atoms with Gasteiger partial charge in [-0.3, -0.25) is 4.79 Å². The third-order valence-corrected chi connectivity index (χ3v) is 3.49. The Morgan fingerprint density at radius 1 is 1.11 bits per heavy atom. The highest BCUT2D eigenvalue weighted by Crippen LogP contribution is 2.30. The minimum atomic E-state index is -3.82. The number of carbonyl (C=O) groups is 1. The van der Waals surface area contributed by atoms with Crippen LogP contribution in [-0.2, 0) is 14.8 Å². The number of hydrogen-bond donors (Lipinski definition) is 2. The molecule has 19 heavy (non-hydrogen) atoms. The van der Waals surface area contributed by atoms with E-state index in [1.807, 2.05) is 0 Å². The van der Waals surface area contributed by atoms with Gasteiger partial charge in [-0.2, -0.15) is 0 Å². The number of ether oxygens (including phenoxy) is 1. The van der Waals surface area contributed by atoms with E-state index in [0.717, 1.165) is 0 Å². The summed E-state index contributed by atoms with van der Waals surface area (Å²) in [6, 6.07) is 9.51. The molecular weight excluding hydrogens is 268 g/mol. The van der Waals surface area contributed by atoms with Gasteiger partial charge in [-0.05, 0) is 12.1 Å². The van der Waals surface area contributed by atoms with Gasteiger partial charge in [-0.15, -0.1) is 0 Å². The minimum Gasteiger partial charge on any atom is -0.483 e. The molecule has 1 amide bonds. The fourth-order valence-corrected chi connectivity index (χ4v) is 2.51. The van der Waals surface area contributed by atoms with E-state index in [9.17, 15) is 13.2 Å². The second kappa shape index (κ2) is 4.87. The standard InChI is InChI=1S/C12H12N2O4S/c13-12(15)7-18-10-5-6-11(19(14,16)17)9-4-2-1-3-8(9)10/h1-6H,7H2,(H2,13,15)(H2,14,16,17). The SMILES string of the molecule is NC(=O)COc1ccc(S(N)(=O)=O)c2ccccc12. The molecule has 0 aliphatic carbocycles. The van der Waals surface area contributed by atoms with Crippen molar-refractivity contribution in [2.45, 2.75) is 4.90 Å². The van der Waals surface area contributed by atoms with Crippen molar-refractivity contribution in [3.05, 3.63) is 36.4 Å². The third-order valence-electron chi connectivity index (χ3n) is 2.52. The van der Waals surface area contributed by atoms with Crippen LogP contribution in [0.15, 0.2) is 41.3 Å². The topological polar surface area (TPSA) is 112 Å². The summed E-state index contributed by atoms with van der Waals surface area (Å²) >= 11 is 0. The molecule has 0 heterocycles. The minimum absolute atomic E-state index is 0.00882. The van der Waals surface area contributed by atoms with Crippen molar-refractivity contribution < 1.29 is 17.9 Å². The second-order valence-corrected chi connectivity index (χ2v) is 5.44. The van der Waals surface area contributed by atoms with E-state index >= 15 is 0 Å². The lowest BCUT2D eigenvalue weighted by Gasteiger charge is -2.10. The number of rotatable bonds is 4. The molecule has 0 fully saturated rings. The fraction of sp³-hybridized carbons (Fsp3) is 0.0833. The zero-order valence-electron chi connectivity index (χ0n) is 9.87. The van der Waals surface area contributed by atoms with Crippen LogP contribution < -0.4 is 15.6 Å². The second-order valence-electron chi connectivity index (χ2n) is 3.91. The van der Waals surface area contributed by atoms with Gasteiger partial charge in [0, 0.05) is 10.8 Å². The molecule has 2 aromatic rings. The molecule has 100 valence electrons. The Kier molecular flexibility index (Phi) is 3.41. The molecule has 0 spiro atoms. The third kappa shape index (κ3) is 2.83. The Morgan fingerprint density at radius 3 is 2.32 bits per heavy atom. The van der Waals surface area contributed by atoms with Crippen LogP contribution >= 0.6 is 0 Å². The van der Waals surface area contributed by atoms with Gasteiger partial charge in [0.2, 0.25) is 10.0 Å². The Hall–Kier alpha value is -2.12. The summed E-state index contributed by atoms with van der Waals surface area (Å²) < 4.78 is 28.2. The summed E-state index contributed by atoms with van der Waals surface area (Å²) in [5, 5.41) is 6.14. The highest BCUT2D eigenvalue weighted by molar-refractivity contribution is 7.89. The van der Waals surface area contributed by atoms with E-state index in [0.29, 0.717) is 16.5 Å². The first-order valence-corrected chi connectivity index (χ1v) is 6.90. The van der Waals surface area contributed by atoms with Crippen molar-refractivity contribution in [3.8, 4) is 5.75 Å². The van der Waals surface area contributed by atoms with Gasteiger partial charge in [0.15, 0.2) is 6.61 Å². The van der Waals surface area contributed by atoms with E-state index in [2.05, 4.69) is 0 Å². The van der Waals surface area contributed by atoms with Crippen LogP contribution in [0.2, 0.25) is 0 Å². The number of hydrogen-bond acceptors (Lipinski definition) is 4. The maximum absolute atomic E-state index is 11.5. The van der Waals surface area contributed by atoms with Crippen LogP contribution in [0.5, 0.6) is 5.75 Å². The maximum atomic E-state index is 11.5. The van der Waals surface area contributed by atoms with Crippen LogP contribution in [0.4, 0.5) is 0 Å². The molecule has 0 saturated carbocycles. The van der Waals surface area contributed by atoms with Crippen molar-refractivity contribution in [2.75, 3.05) is 6.61 Å². The summed E-state index contributed by atoms with van der Waals surface area (Å²) in [5.74, 6) is -0.235. The Balaban J connectivity index is 2.62. The molecule has 0 radical (unpaired) electrons. The zero-order chi connectivity index (χ0) is 14.0. The number of primary sulfonamides is 1. The van der Waals surface area contributed by atoms with Crippen LogP contribution in [0.25, 0.3) is 10.8 Å². The number of benzene rings is 2. The Bertz CT molecular complexity index is 740. The number of amides is 1. The molecule has 0 saturated heterocycles. The zero-order valence-corrected chi connectivity index (χ0v) is 10.7. The Labute approximate surface area is 110 Å².